The van der Waals surface area contributed by atoms with Gasteiger partial charge in [-0.2, -0.15) is 13.2 Å². The molecule has 112 valence electrons. The van der Waals surface area contributed by atoms with Crippen LogP contribution in [-0.2, 0) is 6.18 Å². The van der Waals surface area contributed by atoms with E-state index in [2.05, 4.69) is 37.2 Å². The van der Waals surface area contributed by atoms with E-state index in [-0.39, 0.29) is 27.3 Å². The van der Waals surface area contributed by atoms with Crippen molar-refractivity contribution in [3.63, 3.8) is 0 Å². The van der Waals surface area contributed by atoms with Crippen molar-refractivity contribution >= 4 is 37.8 Å². The second-order valence-corrected chi connectivity index (χ2v) is 6.75. The van der Waals surface area contributed by atoms with E-state index in [1.54, 1.807) is 0 Å². The zero-order chi connectivity index (χ0) is 15.5. The first-order valence-electron chi connectivity index (χ1n) is 5.92. The number of halogens is 5. The van der Waals surface area contributed by atoms with Crippen molar-refractivity contribution in [1.82, 2.24) is 5.32 Å². The lowest BCUT2D eigenvalue weighted by Gasteiger charge is -2.16. The Bertz CT molecular complexity index is 489. The molecule has 0 aliphatic heterocycles. The van der Waals surface area contributed by atoms with Crippen LogP contribution in [0.4, 0.5) is 13.2 Å². The molecule has 2 nitrogen and oxygen atoms in total. The minimum absolute atomic E-state index is 0.0104. The van der Waals surface area contributed by atoms with Gasteiger partial charge >= 0.3 is 6.18 Å². The highest BCUT2D eigenvalue weighted by atomic mass is 79.9. The van der Waals surface area contributed by atoms with E-state index in [9.17, 15) is 18.0 Å². The van der Waals surface area contributed by atoms with Crippen molar-refractivity contribution in [2.45, 2.75) is 24.9 Å². The minimum atomic E-state index is -4.57. The van der Waals surface area contributed by atoms with Crippen molar-refractivity contribution in [1.29, 1.82) is 0 Å². The quantitative estimate of drug-likeness (QED) is 0.713. The normalized spacial score (nSPS) is 13.4. The molecule has 0 heterocycles. The van der Waals surface area contributed by atoms with Crippen molar-refractivity contribution in [2.75, 3.05) is 6.54 Å². The zero-order valence-corrected chi connectivity index (χ0v) is 14.1. The van der Waals surface area contributed by atoms with E-state index < -0.39 is 17.6 Å². The summed E-state index contributed by atoms with van der Waals surface area (Å²) in [6.07, 6.45) is -4.57. The van der Waals surface area contributed by atoms with Crippen LogP contribution in [0.3, 0.4) is 0 Å². The van der Waals surface area contributed by atoms with Crippen LogP contribution in [0, 0.1) is 5.92 Å². The van der Waals surface area contributed by atoms with Crippen LogP contribution in [0.15, 0.2) is 22.7 Å². The average molecular weight is 417 g/mol. The molecule has 0 radical (unpaired) electrons. The number of hydrogen-bond acceptors (Lipinski definition) is 1. The number of nitrogens with one attached hydrogen (secondary N) is 1. The van der Waals surface area contributed by atoms with Crippen molar-refractivity contribution in [3.8, 4) is 0 Å². The van der Waals surface area contributed by atoms with Crippen LogP contribution in [-0.4, -0.2) is 17.3 Å². The molecule has 0 aliphatic rings. The first kappa shape index (κ1) is 17.5. The summed E-state index contributed by atoms with van der Waals surface area (Å²) in [5.74, 6) is -0.461. The SMILES string of the molecule is CC(C)C(Br)CNC(=O)c1ccc(Br)cc1C(F)(F)F. The van der Waals surface area contributed by atoms with E-state index in [0.29, 0.717) is 0 Å². The minimum Gasteiger partial charge on any atom is -0.351 e. The van der Waals surface area contributed by atoms with Gasteiger partial charge in [0.1, 0.15) is 0 Å². The van der Waals surface area contributed by atoms with Gasteiger partial charge in [0.05, 0.1) is 11.1 Å². The Hall–Kier alpha value is -0.560. The molecule has 1 aromatic carbocycles. The summed E-state index contributed by atoms with van der Waals surface area (Å²) in [6.45, 7) is 4.17. The molecular formula is C13H14Br2F3NO. The third kappa shape index (κ3) is 4.77. The summed E-state index contributed by atoms with van der Waals surface area (Å²) in [5.41, 5.74) is -1.32. The van der Waals surface area contributed by atoms with E-state index in [0.717, 1.165) is 6.07 Å². The average Bonchev–Trinajstić information content (AvgIpc) is 2.34. The second-order valence-electron chi connectivity index (χ2n) is 4.66. The molecule has 20 heavy (non-hydrogen) atoms. The number of carbonyl (C=O) groups excluding carboxylic acids is 1. The molecule has 1 atom stereocenters. The molecule has 0 saturated heterocycles. The largest absolute Gasteiger partial charge is 0.417 e. The number of alkyl halides is 4. The monoisotopic (exact) mass is 415 g/mol. The second kappa shape index (κ2) is 6.93. The topological polar surface area (TPSA) is 29.1 Å². The molecule has 1 rings (SSSR count). The lowest BCUT2D eigenvalue weighted by molar-refractivity contribution is -0.138. The van der Waals surface area contributed by atoms with E-state index in [1.165, 1.54) is 12.1 Å². The maximum Gasteiger partial charge on any atom is 0.417 e. The van der Waals surface area contributed by atoms with Crippen LogP contribution in [0.1, 0.15) is 29.8 Å². The lowest BCUT2D eigenvalue weighted by Crippen LogP contribution is -2.33. The van der Waals surface area contributed by atoms with Gasteiger partial charge < -0.3 is 5.32 Å². The molecule has 0 aromatic heterocycles. The highest BCUT2D eigenvalue weighted by Crippen LogP contribution is 2.33. The van der Waals surface area contributed by atoms with Crippen molar-refractivity contribution in [3.05, 3.63) is 33.8 Å². The number of carbonyl (C=O) groups is 1. The number of hydrogen-bond donors (Lipinski definition) is 1. The highest BCUT2D eigenvalue weighted by molar-refractivity contribution is 9.10. The molecule has 0 saturated carbocycles. The number of amides is 1. The Morgan fingerprint density at radius 3 is 2.45 bits per heavy atom. The summed E-state index contributed by atoms with van der Waals surface area (Å²) in [7, 11) is 0. The zero-order valence-electron chi connectivity index (χ0n) is 10.9. The Morgan fingerprint density at radius 2 is 1.95 bits per heavy atom. The smallest absolute Gasteiger partial charge is 0.351 e. The Kier molecular flexibility index (Phi) is 6.06. The van der Waals surface area contributed by atoms with Gasteiger partial charge in [-0.25, -0.2) is 0 Å². The predicted molar refractivity (Wildman–Crippen MR) is 79.0 cm³/mol. The summed E-state index contributed by atoms with van der Waals surface area (Å²) in [5, 5.41) is 2.51. The third-order valence-corrected chi connectivity index (χ3v) is 4.59. The van der Waals surface area contributed by atoms with E-state index in [4.69, 9.17) is 0 Å². The van der Waals surface area contributed by atoms with E-state index in [1.807, 2.05) is 13.8 Å². The lowest BCUT2D eigenvalue weighted by atomic mass is 10.1. The van der Waals surface area contributed by atoms with Gasteiger partial charge in [-0.3, -0.25) is 4.79 Å². The maximum absolute atomic E-state index is 12.9. The van der Waals surface area contributed by atoms with Gasteiger partial charge in [0, 0.05) is 15.8 Å². The van der Waals surface area contributed by atoms with Gasteiger partial charge in [-0.1, -0.05) is 45.7 Å². The summed E-state index contributed by atoms with van der Waals surface area (Å²) in [6, 6.07) is 3.49. The molecule has 7 heteroatoms. The van der Waals surface area contributed by atoms with Gasteiger partial charge in [-0.05, 0) is 24.1 Å². The van der Waals surface area contributed by atoms with Crippen molar-refractivity contribution < 1.29 is 18.0 Å². The molecule has 0 fully saturated rings. The van der Waals surface area contributed by atoms with Crippen LogP contribution in [0.2, 0.25) is 0 Å². The predicted octanol–water partition coefficient (Wildman–Crippen LogP) is 4.62. The number of benzene rings is 1. The van der Waals surface area contributed by atoms with E-state index >= 15 is 0 Å². The van der Waals surface area contributed by atoms with Crippen molar-refractivity contribution in [2.24, 2.45) is 5.92 Å². The van der Waals surface area contributed by atoms with Gasteiger partial charge in [0.15, 0.2) is 0 Å². The standard InChI is InChI=1S/C13H14Br2F3NO/c1-7(2)11(15)6-19-12(20)9-4-3-8(14)5-10(9)13(16,17)18/h3-5,7,11H,6H2,1-2H3,(H,19,20). The highest BCUT2D eigenvalue weighted by Gasteiger charge is 2.35. The fourth-order valence-corrected chi connectivity index (χ4v) is 1.99. The molecule has 1 unspecified atom stereocenters. The maximum atomic E-state index is 12.9. The van der Waals surface area contributed by atoms with Crippen LogP contribution in [0.25, 0.3) is 0 Å². The van der Waals surface area contributed by atoms with Crippen LogP contribution in [0.5, 0.6) is 0 Å². The fraction of sp³-hybridized carbons (Fsp3) is 0.462. The molecule has 1 amide bonds. The first-order chi connectivity index (χ1) is 9.12. The molecule has 0 aliphatic carbocycles. The van der Waals surface area contributed by atoms with Gasteiger partial charge in [0.2, 0.25) is 0 Å². The Labute approximate surface area is 132 Å². The number of rotatable bonds is 4. The Morgan fingerprint density at radius 1 is 1.35 bits per heavy atom. The molecule has 0 spiro atoms. The molecular weight excluding hydrogens is 403 g/mol. The molecule has 1 N–H and O–H groups in total. The van der Waals surface area contributed by atoms with Crippen LogP contribution < -0.4 is 5.32 Å². The summed E-state index contributed by atoms with van der Waals surface area (Å²) < 4.78 is 39.0. The third-order valence-electron chi connectivity index (χ3n) is 2.71. The fourth-order valence-electron chi connectivity index (χ4n) is 1.47. The van der Waals surface area contributed by atoms with Crippen LogP contribution >= 0.6 is 31.9 Å². The summed E-state index contributed by atoms with van der Waals surface area (Å²) in [4.78, 5) is 11.9. The van der Waals surface area contributed by atoms with Gasteiger partial charge in [0.25, 0.3) is 5.91 Å². The Balaban J connectivity index is 2.93. The first-order valence-corrected chi connectivity index (χ1v) is 7.62. The summed E-state index contributed by atoms with van der Waals surface area (Å²) >= 11 is 6.35. The van der Waals surface area contributed by atoms with Gasteiger partial charge in [-0.15, -0.1) is 0 Å². The molecule has 0 bridgehead atoms. The molecule has 1 aromatic rings.